The largest absolute Gasteiger partial charge is 0.384 e. The van der Waals surface area contributed by atoms with Gasteiger partial charge in [0, 0.05) is 30.0 Å². The van der Waals surface area contributed by atoms with E-state index in [1.165, 1.54) is 6.33 Å². The zero-order valence-corrected chi connectivity index (χ0v) is 17.3. The number of pyridine rings is 1. The molecule has 9 heteroatoms. The molecule has 8 nitrogen and oxygen atoms in total. The Hall–Kier alpha value is -2.91. The van der Waals surface area contributed by atoms with Gasteiger partial charge in [0.2, 0.25) is 0 Å². The van der Waals surface area contributed by atoms with Crippen LogP contribution in [0.2, 0.25) is 0 Å². The van der Waals surface area contributed by atoms with Crippen molar-refractivity contribution in [3.8, 4) is 17.1 Å². The maximum atomic E-state index is 12.8. The molecule has 0 saturated carbocycles. The fraction of sp³-hybridized carbons (Fsp3) is 0.300. The molecule has 1 N–H and O–H groups in total. The van der Waals surface area contributed by atoms with Crippen LogP contribution in [0, 0.1) is 5.41 Å². The normalized spacial score (nSPS) is 13.1. The fourth-order valence-corrected chi connectivity index (χ4v) is 4.60. The highest BCUT2D eigenvalue weighted by molar-refractivity contribution is 7.85. The summed E-state index contributed by atoms with van der Waals surface area (Å²) in [6.45, 7) is 4.63. The monoisotopic (exact) mass is 410 g/mol. The summed E-state index contributed by atoms with van der Waals surface area (Å²) in [6, 6.07) is 9.70. The molecule has 0 fully saturated rings. The van der Waals surface area contributed by atoms with Crippen LogP contribution in [-0.4, -0.2) is 53.6 Å². The Bertz CT molecular complexity index is 1150. The summed E-state index contributed by atoms with van der Waals surface area (Å²) in [5.74, 6) is 1.19. The Morgan fingerprint density at radius 3 is 2.83 bits per heavy atom. The molecular formula is C20H22N6O2S. The second kappa shape index (κ2) is 7.84. The van der Waals surface area contributed by atoms with E-state index in [4.69, 9.17) is 4.74 Å². The van der Waals surface area contributed by atoms with Crippen LogP contribution in [0.1, 0.15) is 13.8 Å². The first-order chi connectivity index (χ1) is 14.0. The van der Waals surface area contributed by atoms with Crippen LogP contribution in [0.15, 0.2) is 53.9 Å². The lowest BCUT2D eigenvalue weighted by Crippen LogP contribution is -2.25. The lowest BCUT2D eigenvalue weighted by atomic mass is 9.98. The predicted octanol–water partition coefficient (Wildman–Crippen LogP) is 2.99. The van der Waals surface area contributed by atoms with Crippen molar-refractivity contribution in [2.45, 2.75) is 18.7 Å². The van der Waals surface area contributed by atoms with Gasteiger partial charge in [-0.15, -0.1) is 0 Å². The van der Waals surface area contributed by atoms with Crippen LogP contribution < -0.4 is 0 Å². The number of hydrogen-bond acceptors (Lipinski definition) is 6. The van der Waals surface area contributed by atoms with E-state index < -0.39 is 10.8 Å². The van der Waals surface area contributed by atoms with Crippen LogP contribution in [0.25, 0.3) is 28.1 Å². The molecule has 4 aromatic rings. The second-order valence-electron chi connectivity index (χ2n) is 7.61. The van der Waals surface area contributed by atoms with E-state index in [2.05, 4.69) is 25.3 Å². The number of hydrogen-bond donors (Lipinski definition) is 1. The Kier molecular flexibility index (Phi) is 5.25. The summed E-state index contributed by atoms with van der Waals surface area (Å²) in [5.41, 5.74) is 2.29. The summed E-state index contributed by atoms with van der Waals surface area (Å²) in [5, 5.41) is 12.1. The van der Waals surface area contributed by atoms with Crippen molar-refractivity contribution in [2.75, 3.05) is 19.5 Å². The highest BCUT2D eigenvalue weighted by atomic mass is 32.2. The van der Waals surface area contributed by atoms with E-state index in [0.29, 0.717) is 28.7 Å². The minimum absolute atomic E-state index is 0.181. The van der Waals surface area contributed by atoms with Gasteiger partial charge < -0.3 is 4.74 Å². The lowest BCUT2D eigenvalue weighted by Gasteiger charge is -2.22. The van der Waals surface area contributed by atoms with Crippen LogP contribution >= 0.6 is 0 Å². The molecule has 3 heterocycles. The summed E-state index contributed by atoms with van der Waals surface area (Å²) < 4.78 is 19.8. The number of aromatic amines is 1. The van der Waals surface area contributed by atoms with Crippen molar-refractivity contribution in [1.82, 2.24) is 29.9 Å². The van der Waals surface area contributed by atoms with E-state index in [1.54, 1.807) is 24.2 Å². The number of H-pyrrole nitrogens is 1. The first-order valence-electron chi connectivity index (χ1n) is 9.14. The van der Waals surface area contributed by atoms with E-state index in [-0.39, 0.29) is 5.41 Å². The molecule has 29 heavy (non-hydrogen) atoms. The summed E-state index contributed by atoms with van der Waals surface area (Å²) >= 11 is 0. The molecule has 0 spiro atoms. The molecule has 0 unspecified atom stereocenters. The van der Waals surface area contributed by atoms with Gasteiger partial charge >= 0.3 is 0 Å². The predicted molar refractivity (Wildman–Crippen MR) is 111 cm³/mol. The fourth-order valence-electron chi connectivity index (χ4n) is 3.21. The number of aromatic nitrogens is 6. The van der Waals surface area contributed by atoms with Crippen molar-refractivity contribution >= 4 is 21.8 Å². The van der Waals surface area contributed by atoms with Gasteiger partial charge in [-0.25, -0.2) is 14.6 Å². The van der Waals surface area contributed by atoms with Crippen molar-refractivity contribution in [3.63, 3.8) is 0 Å². The van der Waals surface area contributed by atoms with E-state index in [0.717, 1.165) is 16.6 Å². The number of nitrogens with zero attached hydrogens (tertiary/aromatic N) is 5. The minimum Gasteiger partial charge on any atom is -0.384 e. The van der Waals surface area contributed by atoms with Gasteiger partial charge in [-0.2, -0.15) is 10.2 Å². The molecule has 150 valence electrons. The van der Waals surface area contributed by atoms with Crippen molar-refractivity contribution < 1.29 is 8.95 Å². The highest BCUT2D eigenvalue weighted by Gasteiger charge is 2.22. The molecule has 1 aromatic carbocycles. The zero-order valence-electron chi connectivity index (χ0n) is 16.5. The number of nitrogens with one attached hydrogen (secondary N) is 1. The van der Waals surface area contributed by atoms with Gasteiger partial charge in [0.25, 0.3) is 0 Å². The summed E-state index contributed by atoms with van der Waals surface area (Å²) in [7, 11) is 0.488. The third kappa shape index (κ3) is 4.10. The van der Waals surface area contributed by atoms with Gasteiger partial charge in [-0.05, 0) is 23.6 Å². The second-order valence-corrected chi connectivity index (χ2v) is 9.06. The molecule has 3 aromatic heterocycles. The van der Waals surface area contributed by atoms with Crippen LogP contribution in [0.5, 0.6) is 0 Å². The van der Waals surface area contributed by atoms with Crippen molar-refractivity contribution in [3.05, 3.63) is 49.1 Å². The first kappa shape index (κ1) is 19.4. The molecule has 0 amide bonds. The van der Waals surface area contributed by atoms with Crippen molar-refractivity contribution in [1.29, 1.82) is 0 Å². The number of methoxy groups -OCH3 is 1. The zero-order chi connectivity index (χ0) is 20.4. The standard InChI is InChI=1S/C20H22N6O2S/c1-20(2,11-28-3)12-29(27)17-8-15-9-24-26(19(15)21-10-17)16-6-4-5-14(7-16)18-22-13-23-25-18/h4-10,13H,11-12H2,1-3H3,(H,22,23,25)/t29-/m1/s1. The SMILES string of the molecule is COCC(C)(C)C[S@@](=O)c1cnc2c(cnn2-c2cccc(-c3ncn[nH]3)c2)c1. The number of fused-ring (bicyclic) bond motifs is 1. The van der Waals surface area contributed by atoms with Gasteiger partial charge in [-0.3, -0.25) is 9.31 Å². The third-order valence-electron chi connectivity index (χ3n) is 4.48. The van der Waals surface area contributed by atoms with Crippen LogP contribution in [0.3, 0.4) is 0 Å². The maximum absolute atomic E-state index is 12.8. The smallest absolute Gasteiger partial charge is 0.162 e. The lowest BCUT2D eigenvalue weighted by molar-refractivity contribution is 0.119. The summed E-state index contributed by atoms with van der Waals surface area (Å²) in [4.78, 5) is 9.43. The minimum atomic E-state index is -1.17. The molecule has 0 aliphatic rings. The quantitative estimate of drug-likeness (QED) is 0.503. The topological polar surface area (TPSA) is 98.6 Å². The Balaban J connectivity index is 1.64. The van der Waals surface area contributed by atoms with E-state index in [9.17, 15) is 4.21 Å². The Labute approximate surface area is 170 Å². The average Bonchev–Trinajstić information content (AvgIpc) is 3.37. The number of ether oxygens (including phenoxy) is 1. The van der Waals surface area contributed by atoms with Crippen molar-refractivity contribution in [2.24, 2.45) is 5.41 Å². The van der Waals surface area contributed by atoms with Gasteiger partial charge in [0.05, 0.1) is 34.2 Å². The van der Waals surface area contributed by atoms with E-state index in [1.807, 2.05) is 44.2 Å². The molecule has 0 aliphatic heterocycles. The Morgan fingerprint density at radius 2 is 2.07 bits per heavy atom. The highest BCUT2D eigenvalue weighted by Crippen LogP contribution is 2.24. The number of benzene rings is 1. The molecular weight excluding hydrogens is 388 g/mol. The van der Waals surface area contributed by atoms with Gasteiger partial charge in [0.1, 0.15) is 6.33 Å². The third-order valence-corrected chi connectivity index (χ3v) is 6.27. The van der Waals surface area contributed by atoms with Crippen LogP contribution in [0.4, 0.5) is 0 Å². The Morgan fingerprint density at radius 1 is 1.21 bits per heavy atom. The molecule has 0 radical (unpaired) electrons. The molecule has 1 atom stereocenters. The van der Waals surface area contributed by atoms with Gasteiger partial charge in [-0.1, -0.05) is 26.0 Å². The molecule has 0 bridgehead atoms. The van der Waals surface area contributed by atoms with E-state index >= 15 is 0 Å². The maximum Gasteiger partial charge on any atom is 0.162 e. The molecule has 0 saturated heterocycles. The first-order valence-corrected chi connectivity index (χ1v) is 10.5. The summed E-state index contributed by atoms with van der Waals surface area (Å²) in [6.07, 6.45) is 4.88. The van der Waals surface area contributed by atoms with Gasteiger partial charge in [0.15, 0.2) is 11.5 Å². The van der Waals surface area contributed by atoms with Crippen LogP contribution in [-0.2, 0) is 15.5 Å². The molecule has 4 rings (SSSR count). The molecule has 0 aliphatic carbocycles. The average molecular weight is 411 g/mol. The number of rotatable bonds is 7.